The van der Waals surface area contributed by atoms with E-state index in [9.17, 15) is 18.0 Å². The van der Waals surface area contributed by atoms with Crippen LogP contribution in [0.4, 0.5) is 29.3 Å². The molecule has 3 aromatic rings. The minimum atomic E-state index is -4.79. The minimum Gasteiger partial charge on any atom is -0.404 e. The molecule has 16 heteroatoms. The average Bonchev–Trinajstić information content (AvgIpc) is 3.56. The monoisotopic (exact) mass is 597 g/mol. The maximum atomic E-state index is 12.6. The van der Waals surface area contributed by atoms with E-state index >= 15 is 0 Å². The summed E-state index contributed by atoms with van der Waals surface area (Å²) in [4.78, 5) is 19.0. The summed E-state index contributed by atoms with van der Waals surface area (Å²) in [5.74, 6) is 0.254. The number of hydrogen-bond donors (Lipinski definition) is 2. The van der Waals surface area contributed by atoms with Crippen LogP contribution in [0.5, 0.6) is 5.75 Å². The summed E-state index contributed by atoms with van der Waals surface area (Å²) in [5, 5.41) is 23.5. The Hall–Kier alpha value is -3.27. The van der Waals surface area contributed by atoms with Crippen molar-refractivity contribution in [3.63, 3.8) is 0 Å². The molecule has 2 aliphatic rings. The number of carbonyl (C=O) groups is 1. The highest BCUT2D eigenvalue weighted by atomic mass is 35.5. The van der Waals surface area contributed by atoms with Crippen molar-refractivity contribution in [2.45, 2.75) is 25.4 Å². The van der Waals surface area contributed by atoms with Crippen molar-refractivity contribution in [1.82, 2.24) is 30.2 Å². The quantitative estimate of drug-likeness (QED) is 0.381. The molecule has 2 saturated heterocycles. The smallest absolute Gasteiger partial charge is 0.404 e. The number of benzene rings is 1. The van der Waals surface area contributed by atoms with Crippen LogP contribution in [0.15, 0.2) is 36.5 Å². The van der Waals surface area contributed by atoms with Gasteiger partial charge in [0.1, 0.15) is 5.75 Å². The number of carbonyl (C=O) groups excluding carboxylic acids is 1. The second kappa shape index (κ2) is 12.5. The molecule has 2 aliphatic heterocycles. The highest BCUT2D eigenvalue weighted by Gasteiger charge is 2.32. The third-order valence-electron chi connectivity index (χ3n) is 6.53. The highest BCUT2D eigenvalue weighted by molar-refractivity contribution is 7.19. The summed E-state index contributed by atoms with van der Waals surface area (Å²) in [6.07, 6.45) is -2.22. The lowest BCUT2D eigenvalue weighted by molar-refractivity contribution is -0.274. The molecule has 0 unspecified atom stereocenters. The van der Waals surface area contributed by atoms with E-state index in [2.05, 4.69) is 45.6 Å². The molecule has 0 radical (unpaired) electrons. The van der Waals surface area contributed by atoms with Crippen molar-refractivity contribution in [3.8, 4) is 5.75 Å². The lowest BCUT2D eigenvalue weighted by Crippen LogP contribution is -2.48. The van der Waals surface area contributed by atoms with Crippen LogP contribution in [0, 0.1) is 0 Å². The number of alkyl halides is 3. The highest BCUT2D eigenvalue weighted by Crippen LogP contribution is 2.31. The van der Waals surface area contributed by atoms with Crippen molar-refractivity contribution in [3.05, 3.63) is 47.1 Å². The molecule has 1 amide bonds. The fourth-order valence-electron chi connectivity index (χ4n) is 4.63. The average molecular weight is 598 g/mol. The Morgan fingerprint density at radius 2 is 1.85 bits per heavy atom. The topological polar surface area (TPSA) is 112 Å². The van der Waals surface area contributed by atoms with Crippen LogP contribution in [0.25, 0.3) is 0 Å². The molecule has 2 N–H and O–H groups in total. The Morgan fingerprint density at radius 3 is 2.58 bits per heavy atom. The zero-order valence-corrected chi connectivity index (χ0v) is 22.8. The van der Waals surface area contributed by atoms with Crippen molar-refractivity contribution in [2.24, 2.45) is 0 Å². The normalized spacial score (nSPS) is 18.6. The molecular weight excluding hydrogens is 571 g/mol. The predicted molar refractivity (Wildman–Crippen MR) is 145 cm³/mol. The molecule has 214 valence electrons. The van der Waals surface area contributed by atoms with Gasteiger partial charge in [-0.1, -0.05) is 29.0 Å². The first-order chi connectivity index (χ1) is 19.2. The summed E-state index contributed by atoms with van der Waals surface area (Å²) >= 11 is 7.25. The second-order valence-corrected chi connectivity index (χ2v) is 10.9. The molecule has 0 bridgehead atoms. The molecule has 2 fully saturated rings. The number of nitrogens with one attached hydrogen (secondary N) is 2. The first-order valence-corrected chi connectivity index (χ1v) is 13.8. The van der Waals surface area contributed by atoms with Crippen LogP contribution in [0.1, 0.15) is 12.0 Å². The molecule has 5 rings (SSSR count). The van der Waals surface area contributed by atoms with Crippen molar-refractivity contribution >= 4 is 44.9 Å². The lowest BCUT2D eigenvalue weighted by atomic mass is 10.2. The van der Waals surface area contributed by atoms with Crippen LogP contribution in [0.3, 0.4) is 0 Å². The van der Waals surface area contributed by atoms with E-state index in [0.717, 1.165) is 30.9 Å². The number of amides is 1. The fraction of sp³-hybridized carbons (Fsp3) is 0.458. The van der Waals surface area contributed by atoms with Crippen molar-refractivity contribution in [1.29, 1.82) is 0 Å². The van der Waals surface area contributed by atoms with E-state index in [-0.39, 0.29) is 23.5 Å². The molecule has 1 atom stereocenters. The van der Waals surface area contributed by atoms with E-state index < -0.39 is 12.1 Å². The van der Waals surface area contributed by atoms with Gasteiger partial charge in [0.15, 0.2) is 5.82 Å². The summed E-state index contributed by atoms with van der Waals surface area (Å²) in [6, 6.07) is 8.26. The summed E-state index contributed by atoms with van der Waals surface area (Å²) in [5.41, 5.74) is 0.783. The standard InChI is InChI=1S/C24H27ClF3N9O2S/c25-18-12-16(3-4-19(18)39-24(26,27)28)13-35-8-10-36(11-9-35)15-21(38)31-23-34-33-22(40-23)30-17-5-7-37(14-17)20-2-1-6-29-32-20/h1-4,6,12,17H,5,7-11,13-15H2,(H,30,33)(H,31,34,38)/t17-/m1/s1. The molecule has 0 aliphatic carbocycles. The van der Waals surface area contributed by atoms with Gasteiger partial charge in [-0.25, -0.2) is 0 Å². The van der Waals surface area contributed by atoms with Gasteiger partial charge in [0, 0.05) is 58.1 Å². The Bertz CT molecular complexity index is 1290. The number of ether oxygens (including phenoxy) is 1. The molecule has 2 aromatic heterocycles. The Balaban J connectivity index is 1.02. The van der Waals surface area contributed by atoms with Gasteiger partial charge < -0.3 is 15.0 Å². The third kappa shape index (κ3) is 7.90. The van der Waals surface area contributed by atoms with E-state index in [1.165, 1.54) is 23.5 Å². The lowest BCUT2D eigenvalue weighted by Gasteiger charge is -2.34. The number of nitrogens with zero attached hydrogens (tertiary/aromatic N) is 7. The van der Waals surface area contributed by atoms with E-state index in [1.807, 2.05) is 17.0 Å². The Kier molecular flexibility index (Phi) is 8.83. The molecule has 1 aromatic carbocycles. The number of aromatic nitrogens is 4. The van der Waals surface area contributed by atoms with Gasteiger partial charge in [-0.3, -0.25) is 19.9 Å². The zero-order chi connectivity index (χ0) is 28.1. The molecule has 11 nitrogen and oxygen atoms in total. The number of halogens is 4. The van der Waals surface area contributed by atoms with E-state index in [4.69, 9.17) is 11.6 Å². The fourth-order valence-corrected chi connectivity index (χ4v) is 5.61. The van der Waals surface area contributed by atoms with Crippen LogP contribution in [-0.2, 0) is 11.3 Å². The number of piperazine rings is 1. The maximum Gasteiger partial charge on any atom is 0.573 e. The van der Waals surface area contributed by atoms with Gasteiger partial charge in [-0.15, -0.1) is 28.5 Å². The molecule has 0 spiro atoms. The van der Waals surface area contributed by atoms with Gasteiger partial charge in [-0.05, 0) is 36.2 Å². The van der Waals surface area contributed by atoms with Crippen molar-refractivity contribution < 1.29 is 22.7 Å². The van der Waals surface area contributed by atoms with Crippen LogP contribution in [0.2, 0.25) is 5.02 Å². The van der Waals surface area contributed by atoms with Crippen LogP contribution < -0.4 is 20.3 Å². The molecule has 4 heterocycles. The Labute approximate surface area is 237 Å². The van der Waals surface area contributed by atoms with Crippen molar-refractivity contribution in [2.75, 3.05) is 61.3 Å². The van der Waals surface area contributed by atoms with Gasteiger partial charge in [0.25, 0.3) is 0 Å². The first-order valence-electron chi connectivity index (χ1n) is 12.6. The number of anilines is 3. The molecular formula is C24H27ClF3N9O2S. The summed E-state index contributed by atoms with van der Waals surface area (Å²) in [6.45, 7) is 5.13. The summed E-state index contributed by atoms with van der Waals surface area (Å²) < 4.78 is 41.2. The van der Waals surface area contributed by atoms with Crippen LogP contribution in [-0.4, -0.2) is 94.3 Å². The van der Waals surface area contributed by atoms with Gasteiger partial charge in [0.2, 0.25) is 16.2 Å². The Morgan fingerprint density at radius 1 is 1.07 bits per heavy atom. The molecule has 40 heavy (non-hydrogen) atoms. The van der Waals surface area contributed by atoms with E-state index in [0.29, 0.717) is 43.0 Å². The maximum absolute atomic E-state index is 12.6. The third-order valence-corrected chi connectivity index (χ3v) is 7.59. The van der Waals surface area contributed by atoms with E-state index in [1.54, 1.807) is 12.3 Å². The first kappa shape index (κ1) is 28.3. The van der Waals surface area contributed by atoms with Gasteiger partial charge in [0.05, 0.1) is 11.6 Å². The van der Waals surface area contributed by atoms with Gasteiger partial charge >= 0.3 is 6.36 Å². The van der Waals surface area contributed by atoms with Crippen LogP contribution >= 0.6 is 22.9 Å². The SMILES string of the molecule is O=C(CN1CCN(Cc2ccc(OC(F)(F)F)c(Cl)c2)CC1)Nc1nnc(N[C@@H]2CCN(c3cccnn3)C2)s1. The second-order valence-electron chi connectivity index (χ2n) is 9.48. The summed E-state index contributed by atoms with van der Waals surface area (Å²) in [7, 11) is 0. The van der Waals surface area contributed by atoms with Gasteiger partial charge in [-0.2, -0.15) is 5.10 Å². The number of rotatable bonds is 9. The predicted octanol–water partition coefficient (Wildman–Crippen LogP) is 3.33. The minimum absolute atomic E-state index is 0.0904. The molecule has 0 saturated carbocycles. The zero-order valence-electron chi connectivity index (χ0n) is 21.3. The number of hydrogen-bond acceptors (Lipinski definition) is 11. The largest absolute Gasteiger partial charge is 0.573 e.